The van der Waals surface area contributed by atoms with E-state index in [0.29, 0.717) is 17.2 Å². The highest BCUT2D eigenvalue weighted by Crippen LogP contribution is 2.21. The van der Waals surface area contributed by atoms with Gasteiger partial charge in [0, 0.05) is 24.0 Å². The zero-order valence-electron chi connectivity index (χ0n) is 12.2. The Morgan fingerprint density at radius 2 is 2.14 bits per heavy atom. The molecule has 3 rings (SSSR count). The molecular weight excluding hydrogens is 318 g/mol. The first-order valence-electron chi connectivity index (χ1n) is 7.09. The van der Waals surface area contributed by atoms with Crippen LogP contribution >= 0.6 is 11.3 Å². The zero-order chi connectivity index (χ0) is 15.6. The largest absolute Gasteiger partial charge is 0.304 e. The van der Waals surface area contributed by atoms with E-state index in [2.05, 4.69) is 9.71 Å². The summed E-state index contributed by atoms with van der Waals surface area (Å²) in [5, 5.41) is 0. The van der Waals surface area contributed by atoms with E-state index in [9.17, 15) is 8.42 Å². The fraction of sp³-hybridized carbons (Fsp3) is 0.267. The Morgan fingerprint density at radius 1 is 1.27 bits per heavy atom. The van der Waals surface area contributed by atoms with Crippen molar-refractivity contribution >= 4 is 26.9 Å². The third kappa shape index (κ3) is 3.06. The van der Waals surface area contributed by atoms with Crippen LogP contribution in [0, 0.1) is 0 Å². The third-order valence-electron chi connectivity index (χ3n) is 3.41. The van der Waals surface area contributed by atoms with Gasteiger partial charge in [-0.1, -0.05) is 13.0 Å². The summed E-state index contributed by atoms with van der Waals surface area (Å²) in [6.45, 7) is 2.34. The van der Waals surface area contributed by atoms with Crippen molar-refractivity contribution in [1.82, 2.24) is 14.1 Å². The van der Waals surface area contributed by atoms with E-state index in [0.717, 1.165) is 22.6 Å². The average molecular weight is 335 g/mol. The summed E-state index contributed by atoms with van der Waals surface area (Å²) in [6.07, 6.45) is 5.11. The molecule has 0 atom stereocenters. The van der Waals surface area contributed by atoms with Gasteiger partial charge in [-0.3, -0.25) is 0 Å². The van der Waals surface area contributed by atoms with Crippen molar-refractivity contribution in [2.45, 2.75) is 24.0 Å². The molecule has 0 saturated carbocycles. The van der Waals surface area contributed by atoms with E-state index in [1.54, 1.807) is 12.3 Å². The first-order valence-corrected chi connectivity index (χ1v) is 9.39. The Morgan fingerprint density at radius 3 is 2.91 bits per heavy atom. The van der Waals surface area contributed by atoms with E-state index in [1.807, 2.05) is 41.8 Å². The van der Waals surface area contributed by atoms with Crippen LogP contribution in [0.25, 0.3) is 5.52 Å². The first-order chi connectivity index (χ1) is 10.6. The first kappa shape index (κ1) is 15.2. The van der Waals surface area contributed by atoms with Gasteiger partial charge in [0.15, 0.2) is 0 Å². The minimum absolute atomic E-state index is 0.329. The molecule has 7 heteroatoms. The van der Waals surface area contributed by atoms with Crippen LogP contribution in [-0.4, -0.2) is 24.3 Å². The molecule has 0 aromatic carbocycles. The number of pyridine rings is 1. The molecule has 0 aliphatic rings. The molecule has 0 bridgehead atoms. The maximum absolute atomic E-state index is 12.2. The standard InChI is InChI=1S/C15H17N3O2S2/c1-2-13-6-7-15(21-13)22(19,20)17-9-8-14-16-11-12-5-3-4-10-18(12)14/h3-7,10-11,17H,2,8-9H2,1H3. The number of aryl methyl sites for hydroxylation is 1. The summed E-state index contributed by atoms with van der Waals surface area (Å²) in [5.41, 5.74) is 1.01. The van der Waals surface area contributed by atoms with Gasteiger partial charge in [-0.25, -0.2) is 18.1 Å². The van der Waals surface area contributed by atoms with Crippen LogP contribution in [0.15, 0.2) is 46.9 Å². The Hall–Kier alpha value is -1.70. The van der Waals surface area contributed by atoms with Crippen molar-refractivity contribution in [2.24, 2.45) is 0 Å². The molecule has 0 aliphatic carbocycles. The lowest BCUT2D eigenvalue weighted by Gasteiger charge is -2.04. The Balaban J connectivity index is 1.67. The normalized spacial score (nSPS) is 12.0. The number of aromatic nitrogens is 2. The number of thiophene rings is 1. The van der Waals surface area contributed by atoms with Crippen molar-refractivity contribution in [1.29, 1.82) is 0 Å². The van der Waals surface area contributed by atoms with Crippen molar-refractivity contribution in [2.75, 3.05) is 6.54 Å². The fourth-order valence-corrected chi connectivity index (χ4v) is 4.62. The molecule has 3 aromatic heterocycles. The number of rotatable bonds is 6. The molecule has 0 radical (unpaired) electrons. The number of fused-ring (bicyclic) bond motifs is 1. The van der Waals surface area contributed by atoms with Gasteiger partial charge < -0.3 is 4.40 Å². The summed E-state index contributed by atoms with van der Waals surface area (Å²) >= 11 is 1.32. The number of sulfonamides is 1. The van der Waals surface area contributed by atoms with Gasteiger partial charge in [0.1, 0.15) is 10.0 Å². The quantitative estimate of drug-likeness (QED) is 0.753. The Labute approximate surface area is 133 Å². The molecule has 5 nitrogen and oxygen atoms in total. The van der Waals surface area contributed by atoms with Gasteiger partial charge in [-0.05, 0) is 30.7 Å². The Kier molecular flexibility index (Phi) is 4.28. The second-order valence-electron chi connectivity index (χ2n) is 4.89. The number of nitrogens with zero attached hydrogens (tertiary/aromatic N) is 2. The lowest BCUT2D eigenvalue weighted by molar-refractivity contribution is 0.583. The molecule has 0 aliphatic heterocycles. The van der Waals surface area contributed by atoms with Crippen LogP contribution in [0.4, 0.5) is 0 Å². The molecule has 0 unspecified atom stereocenters. The van der Waals surface area contributed by atoms with E-state index < -0.39 is 10.0 Å². The molecule has 0 amide bonds. The van der Waals surface area contributed by atoms with Gasteiger partial charge >= 0.3 is 0 Å². The summed E-state index contributed by atoms with van der Waals surface area (Å²) in [5.74, 6) is 0.846. The van der Waals surface area contributed by atoms with E-state index in [4.69, 9.17) is 0 Å². The third-order valence-corrected chi connectivity index (χ3v) is 6.59. The molecular formula is C15H17N3O2S2. The molecule has 0 spiro atoms. The summed E-state index contributed by atoms with van der Waals surface area (Å²) in [4.78, 5) is 5.40. The van der Waals surface area contributed by atoms with Gasteiger partial charge in [0.25, 0.3) is 0 Å². The van der Waals surface area contributed by atoms with Crippen molar-refractivity contribution < 1.29 is 8.42 Å². The van der Waals surface area contributed by atoms with Crippen LogP contribution in [0.1, 0.15) is 17.6 Å². The highest BCUT2D eigenvalue weighted by atomic mass is 32.2. The second kappa shape index (κ2) is 6.20. The average Bonchev–Trinajstić information content (AvgIpc) is 3.14. The van der Waals surface area contributed by atoms with E-state index in [-0.39, 0.29) is 0 Å². The molecule has 22 heavy (non-hydrogen) atoms. The van der Waals surface area contributed by atoms with Crippen LogP contribution in [0.3, 0.4) is 0 Å². The molecule has 3 aromatic rings. The fourth-order valence-electron chi connectivity index (χ4n) is 2.25. The van der Waals surface area contributed by atoms with Gasteiger partial charge in [-0.2, -0.15) is 0 Å². The molecule has 1 N–H and O–H groups in total. The van der Waals surface area contributed by atoms with E-state index in [1.165, 1.54) is 11.3 Å². The Bertz CT molecular complexity index is 881. The highest BCUT2D eigenvalue weighted by molar-refractivity contribution is 7.91. The zero-order valence-corrected chi connectivity index (χ0v) is 13.8. The number of nitrogens with one attached hydrogen (secondary N) is 1. The van der Waals surface area contributed by atoms with Crippen LogP contribution in [-0.2, 0) is 22.9 Å². The monoisotopic (exact) mass is 335 g/mol. The smallest absolute Gasteiger partial charge is 0.250 e. The molecule has 116 valence electrons. The molecule has 3 heterocycles. The van der Waals surface area contributed by atoms with Gasteiger partial charge in [0.2, 0.25) is 10.0 Å². The predicted octanol–water partition coefficient (Wildman–Crippen LogP) is 2.48. The van der Waals surface area contributed by atoms with Gasteiger partial charge in [-0.15, -0.1) is 11.3 Å². The minimum Gasteiger partial charge on any atom is -0.304 e. The predicted molar refractivity (Wildman–Crippen MR) is 87.8 cm³/mol. The maximum Gasteiger partial charge on any atom is 0.250 e. The summed E-state index contributed by atoms with van der Waals surface area (Å²) in [7, 11) is -3.42. The maximum atomic E-state index is 12.2. The lowest BCUT2D eigenvalue weighted by atomic mass is 10.4. The summed E-state index contributed by atoms with van der Waals surface area (Å²) < 4.78 is 29.4. The van der Waals surface area contributed by atoms with Crippen molar-refractivity contribution in [3.63, 3.8) is 0 Å². The summed E-state index contributed by atoms with van der Waals surface area (Å²) in [6, 6.07) is 9.38. The van der Waals surface area contributed by atoms with Crippen LogP contribution in [0.2, 0.25) is 0 Å². The minimum atomic E-state index is -3.42. The van der Waals surface area contributed by atoms with Crippen LogP contribution in [0.5, 0.6) is 0 Å². The number of hydrogen-bond donors (Lipinski definition) is 1. The SMILES string of the molecule is CCc1ccc(S(=O)(=O)NCCc2ncc3ccccn23)s1. The van der Waals surface area contributed by atoms with Crippen molar-refractivity contribution in [3.8, 4) is 0 Å². The lowest BCUT2D eigenvalue weighted by Crippen LogP contribution is -2.25. The molecule has 0 fully saturated rings. The highest BCUT2D eigenvalue weighted by Gasteiger charge is 2.16. The van der Waals surface area contributed by atoms with Crippen molar-refractivity contribution in [3.05, 3.63) is 53.4 Å². The van der Waals surface area contributed by atoms with Gasteiger partial charge in [0.05, 0.1) is 11.7 Å². The topological polar surface area (TPSA) is 63.5 Å². The number of imidazole rings is 1. The molecule has 0 saturated heterocycles. The van der Waals surface area contributed by atoms with Crippen LogP contribution < -0.4 is 4.72 Å². The second-order valence-corrected chi connectivity index (χ2v) is 8.05. The number of hydrogen-bond acceptors (Lipinski definition) is 4. The van der Waals surface area contributed by atoms with E-state index >= 15 is 0 Å².